The van der Waals surface area contributed by atoms with Crippen LogP contribution in [-0.2, 0) is 11.2 Å². The Labute approximate surface area is 94.2 Å². The molecule has 0 aromatic carbocycles. The molecule has 0 spiro atoms. The average Bonchev–Trinajstić information content (AvgIpc) is 2.58. The average molecular weight is 227 g/mol. The Morgan fingerprint density at radius 3 is 2.80 bits per heavy atom. The fraction of sp³-hybridized carbons (Fsp3) is 0.545. The second-order valence-corrected chi connectivity index (χ2v) is 4.34. The van der Waals surface area contributed by atoms with Crippen LogP contribution in [0.2, 0.25) is 0 Å². The molecule has 15 heavy (non-hydrogen) atoms. The van der Waals surface area contributed by atoms with Crippen LogP contribution < -0.4 is 5.73 Å². The Morgan fingerprint density at radius 1 is 1.47 bits per heavy atom. The SMILES string of the molecule is CCCOC(=O)c1csc(CCC)c1N. The normalized spacial score (nSPS) is 10.3. The first-order valence-electron chi connectivity index (χ1n) is 5.23. The highest BCUT2D eigenvalue weighted by Gasteiger charge is 2.15. The van der Waals surface area contributed by atoms with Gasteiger partial charge in [-0.3, -0.25) is 0 Å². The van der Waals surface area contributed by atoms with E-state index in [1.165, 1.54) is 11.3 Å². The molecule has 0 unspecified atom stereocenters. The van der Waals surface area contributed by atoms with Crippen LogP contribution in [0, 0.1) is 0 Å². The predicted octanol–water partition coefficient (Wildman–Crippen LogP) is 2.85. The Bertz CT molecular complexity index is 333. The van der Waals surface area contributed by atoms with Crippen LogP contribution in [0.3, 0.4) is 0 Å². The number of anilines is 1. The van der Waals surface area contributed by atoms with Gasteiger partial charge in [0.15, 0.2) is 0 Å². The molecule has 0 fully saturated rings. The topological polar surface area (TPSA) is 52.3 Å². The van der Waals surface area contributed by atoms with E-state index in [0.29, 0.717) is 17.9 Å². The van der Waals surface area contributed by atoms with E-state index in [1.807, 2.05) is 6.92 Å². The lowest BCUT2D eigenvalue weighted by molar-refractivity contribution is 0.0507. The monoisotopic (exact) mass is 227 g/mol. The number of carbonyl (C=O) groups is 1. The molecule has 84 valence electrons. The van der Waals surface area contributed by atoms with Gasteiger partial charge in [-0.2, -0.15) is 0 Å². The molecule has 2 N–H and O–H groups in total. The summed E-state index contributed by atoms with van der Waals surface area (Å²) in [5.74, 6) is -0.298. The molecule has 0 amide bonds. The number of nitrogens with two attached hydrogens (primary N) is 1. The van der Waals surface area contributed by atoms with Crippen LogP contribution in [0.25, 0.3) is 0 Å². The van der Waals surface area contributed by atoms with Gasteiger partial charge in [-0.1, -0.05) is 20.3 Å². The van der Waals surface area contributed by atoms with Gasteiger partial charge in [0.2, 0.25) is 0 Å². The first-order chi connectivity index (χ1) is 7.20. The van der Waals surface area contributed by atoms with E-state index in [4.69, 9.17) is 10.5 Å². The maximum absolute atomic E-state index is 11.5. The molecule has 0 radical (unpaired) electrons. The number of hydrogen-bond acceptors (Lipinski definition) is 4. The zero-order valence-electron chi connectivity index (χ0n) is 9.21. The highest BCUT2D eigenvalue weighted by Crippen LogP contribution is 2.27. The molecule has 0 aliphatic carbocycles. The summed E-state index contributed by atoms with van der Waals surface area (Å²) < 4.78 is 5.04. The van der Waals surface area contributed by atoms with Crippen molar-refractivity contribution in [2.24, 2.45) is 0 Å². The van der Waals surface area contributed by atoms with E-state index >= 15 is 0 Å². The second kappa shape index (κ2) is 5.75. The van der Waals surface area contributed by atoms with Gasteiger partial charge >= 0.3 is 5.97 Å². The summed E-state index contributed by atoms with van der Waals surface area (Å²) in [4.78, 5) is 12.6. The molecule has 0 aliphatic rings. The zero-order valence-corrected chi connectivity index (χ0v) is 10.0. The molecule has 1 heterocycles. The summed E-state index contributed by atoms with van der Waals surface area (Å²) in [7, 11) is 0. The summed E-state index contributed by atoms with van der Waals surface area (Å²) in [6.07, 6.45) is 2.79. The van der Waals surface area contributed by atoms with Gasteiger partial charge in [0.1, 0.15) is 0 Å². The standard InChI is InChI=1S/C11H17NO2S/c1-3-5-9-10(12)8(7-15-9)11(13)14-6-4-2/h7H,3-6,12H2,1-2H3. The van der Waals surface area contributed by atoms with E-state index in [9.17, 15) is 4.79 Å². The summed E-state index contributed by atoms with van der Waals surface area (Å²) in [6, 6.07) is 0. The van der Waals surface area contributed by atoms with Gasteiger partial charge in [0.25, 0.3) is 0 Å². The van der Waals surface area contributed by atoms with Crippen LogP contribution in [0.1, 0.15) is 41.9 Å². The number of esters is 1. The van der Waals surface area contributed by atoms with Crippen molar-refractivity contribution in [1.29, 1.82) is 0 Å². The van der Waals surface area contributed by atoms with Gasteiger partial charge < -0.3 is 10.5 Å². The lowest BCUT2D eigenvalue weighted by atomic mass is 10.2. The molecule has 0 aliphatic heterocycles. The number of aryl methyl sites for hydroxylation is 1. The van der Waals surface area contributed by atoms with E-state index in [0.717, 1.165) is 24.1 Å². The van der Waals surface area contributed by atoms with Gasteiger partial charge in [0, 0.05) is 10.3 Å². The lowest BCUT2D eigenvalue weighted by Gasteiger charge is -2.02. The van der Waals surface area contributed by atoms with Crippen LogP contribution >= 0.6 is 11.3 Å². The van der Waals surface area contributed by atoms with Crippen LogP contribution in [0.4, 0.5) is 5.69 Å². The smallest absolute Gasteiger partial charge is 0.341 e. The van der Waals surface area contributed by atoms with E-state index in [-0.39, 0.29) is 5.97 Å². The van der Waals surface area contributed by atoms with E-state index < -0.39 is 0 Å². The van der Waals surface area contributed by atoms with Gasteiger partial charge in [0.05, 0.1) is 17.9 Å². The minimum absolute atomic E-state index is 0.298. The largest absolute Gasteiger partial charge is 0.462 e. The maximum atomic E-state index is 11.5. The number of thiophene rings is 1. The minimum atomic E-state index is -0.298. The molecule has 0 saturated carbocycles. The fourth-order valence-electron chi connectivity index (χ4n) is 1.26. The molecule has 4 heteroatoms. The molecule has 0 atom stereocenters. The summed E-state index contributed by atoms with van der Waals surface area (Å²) in [5.41, 5.74) is 7.00. The molecule has 1 aromatic heterocycles. The quantitative estimate of drug-likeness (QED) is 0.787. The third kappa shape index (κ3) is 2.96. The van der Waals surface area contributed by atoms with Crippen molar-refractivity contribution in [3.63, 3.8) is 0 Å². The lowest BCUT2D eigenvalue weighted by Crippen LogP contribution is -2.07. The highest BCUT2D eigenvalue weighted by atomic mass is 32.1. The second-order valence-electron chi connectivity index (χ2n) is 3.37. The van der Waals surface area contributed by atoms with Crippen LogP contribution in [-0.4, -0.2) is 12.6 Å². The summed E-state index contributed by atoms with van der Waals surface area (Å²) in [6.45, 7) is 4.51. The Kier molecular flexibility index (Phi) is 4.62. The van der Waals surface area contributed by atoms with Crippen molar-refractivity contribution in [1.82, 2.24) is 0 Å². The van der Waals surface area contributed by atoms with Crippen LogP contribution in [0.5, 0.6) is 0 Å². The number of ether oxygens (including phenoxy) is 1. The maximum Gasteiger partial charge on any atom is 0.341 e. The zero-order chi connectivity index (χ0) is 11.3. The minimum Gasteiger partial charge on any atom is -0.462 e. The summed E-state index contributed by atoms with van der Waals surface area (Å²) >= 11 is 1.54. The molecule has 0 saturated heterocycles. The van der Waals surface area contributed by atoms with Crippen molar-refractivity contribution < 1.29 is 9.53 Å². The van der Waals surface area contributed by atoms with Crippen molar-refractivity contribution in [3.05, 3.63) is 15.8 Å². The Hall–Kier alpha value is -1.03. The van der Waals surface area contributed by atoms with Crippen molar-refractivity contribution >= 4 is 23.0 Å². The molecular formula is C11H17NO2S. The van der Waals surface area contributed by atoms with E-state index in [1.54, 1.807) is 5.38 Å². The fourth-order valence-corrected chi connectivity index (χ4v) is 2.30. The van der Waals surface area contributed by atoms with Crippen molar-refractivity contribution in [2.75, 3.05) is 12.3 Å². The first-order valence-corrected chi connectivity index (χ1v) is 6.11. The molecule has 1 rings (SSSR count). The number of hydrogen-bond donors (Lipinski definition) is 1. The number of nitrogen functional groups attached to an aromatic ring is 1. The molecule has 0 bridgehead atoms. The third-order valence-corrected chi connectivity index (χ3v) is 3.11. The third-order valence-electron chi connectivity index (χ3n) is 2.04. The Balaban J connectivity index is 2.72. The van der Waals surface area contributed by atoms with Gasteiger partial charge in [-0.05, 0) is 12.8 Å². The molecule has 3 nitrogen and oxygen atoms in total. The van der Waals surface area contributed by atoms with Crippen molar-refractivity contribution in [3.8, 4) is 0 Å². The van der Waals surface area contributed by atoms with Crippen molar-refractivity contribution in [2.45, 2.75) is 33.1 Å². The molecule has 1 aromatic rings. The van der Waals surface area contributed by atoms with E-state index in [2.05, 4.69) is 6.92 Å². The predicted molar refractivity (Wildman–Crippen MR) is 63.3 cm³/mol. The van der Waals surface area contributed by atoms with Crippen LogP contribution in [0.15, 0.2) is 5.38 Å². The van der Waals surface area contributed by atoms with Gasteiger partial charge in [-0.25, -0.2) is 4.79 Å². The number of carbonyl (C=O) groups excluding carboxylic acids is 1. The van der Waals surface area contributed by atoms with Gasteiger partial charge in [-0.15, -0.1) is 11.3 Å². The Morgan fingerprint density at radius 2 is 2.20 bits per heavy atom. The molecular weight excluding hydrogens is 210 g/mol. The highest BCUT2D eigenvalue weighted by molar-refractivity contribution is 7.10. The number of rotatable bonds is 5. The first kappa shape index (κ1) is 12.0. The summed E-state index contributed by atoms with van der Waals surface area (Å²) in [5, 5.41) is 1.79.